The molecule has 0 aliphatic carbocycles. The SMILES string of the molecule is O=C1/C(=C\C=C\c2ccc([N+](=O)[O-])cc2)c2ccccc2N1Cc1ccc(F)cc1. The number of para-hydroxylation sites is 1. The number of non-ortho nitro benzene ring substituents is 1. The fourth-order valence-corrected chi connectivity index (χ4v) is 3.36. The lowest BCUT2D eigenvalue weighted by Crippen LogP contribution is -2.25. The Bertz CT molecular complexity index is 1170. The van der Waals surface area contributed by atoms with Crippen LogP contribution in [0.5, 0.6) is 0 Å². The molecule has 0 unspecified atom stereocenters. The smallest absolute Gasteiger partial charge is 0.269 e. The topological polar surface area (TPSA) is 63.4 Å². The van der Waals surface area contributed by atoms with E-state index < -0.39 is 4.92 Å². The van der Waals surface area contributed by atoms with Gasteiger partial charge >= 0.3 is 0 Å². The Morgan fingerprint density at radius 2 is 1.67 bits per heavy atom. The molecular weight excluding hydrogens is 383 g/mol. The van der Waals surface area contributed by atoms with Gasteiger partial charge in [-0.3, -0.25) is 14.9 Å². The second-order valence-electron chi connectivity index (χ2n) is 6.82. The number of carbonyl (C=O) groups excluding carboxylic acids is 1. The van der Waals surface area contributed by atoms with Crippen molar-refractivity contribution in [1.82, 2.24) is 0 Å². The zero-order valence-corrected chi connectivity index (χ0v) is 15.9. The Morgan fingerprint density at radius 1 is 0.967 bits per heavy atom. The fourth-order valence-electron chi connectivity index (χ4n) is 3.36. The molecule has 4 rings (SSSR count). The van der Waals surface area contributed by atoms with Gasteiger partial charge in [0.15, 0.2) is 0 Å². The van der Waals surface area contributed by atoms with Crippen molar-refractivity contribution >= 4 is 28.9 Å². The van der Waals surface area contributed by atoms with Crippen molar-refractivity contribution in [3.8, 4) is 0 Å². The lowest BCUT2D eigenvalue weighted by molar-refractivity contribution is -0.384. The van der Waals surface area contributed by atoms with Crippen LogP contribution in [0.2, 0.25) is 0 Å². The molecule has 5 nitrogen and oxygen atoms in total. The second-order valence-corrected chi connectivity index (χ2v) is 6.82. The molecule has 0 bridgehead atoms. The number of nitro benzene ring substituents is 1. The largest absolute Gasteiger partial charge is 0.303 e. The third kappa shape index (κ3) is 3.89. The molecule has 0 atom stereocenters. The zero-order chi connectivity index (χ0) is 21.1. The highest BCUT2D eigenvalue weighted by Gasteiger charge is 2.31. The summed E-state index contributed by atoms with van der Waals surface area (Å²) in [6, 6.07) is 19.8. The van der Waals surface area contributed by atoms with Gasteiger partial charge in [-0.2, -0.15) is 0 Å². The summed E-state index contributed by atoms with van der Waals surface area (Å²) in [6.07, 6.45) is 5.29. The van der Waals surface area contributed by atoms with Gasteiger partial charge in [0.1, 0.15) is 5.82 Å². The highest BCUT2D eigenvalue weighted by Crippen LogP contribution is 2.37. The van der Waals surface area contributed by atoms with Crippen molar-refractivity contribution in [1.29, 1.82) is 0 Å². The number of carbonyl (C=O) groups is 1. The van der Waals surface area contributed by atoms with Gasteiger partial charge < -0.3 is 4.90 Å². The first-order chi connectivity index (χ1) is 14.5. The van der Waals surface area contributed by atoms with E-state index in [2.05, 4.69) is 0 Å². The van der Waals surface area contributed by atoms with E-state index in [9.17, 15) is 19.3 Å². The van der Waals surface area contributed by atoms with Gasteiger partial charge in [0.05, 0.1) is 17.2 Å². The minimum Gasteiger partial charge on any atom is -0.303 e. The summed E-state index contributed by atoms with van der Waals surface area (Å²) in [5, 5.41) is 10.7. The molecule has 1 aliphatic rings. The fraction of sp³-hybridized carbons (Fsp3) is 0.0417. The van der Waals surface area contributed by atoms with Crippen LogP contribution in [0, 0.1) is 15.9 Å². The molecule has 3 aromatic rings. The molecule has 0 N–H and O–H groups in total. The first-order valence-corrected chi connectivity index (χ1v) is 9.31. The molecule has 0 saturated carbocycles. The van der Waals surface area contributed by atoms with Gasteiger partial charge in [0.25, 0.3) is 11.6 Å². The molecule has 1 amide bonds. The van der Waals surface area contributed by atoms with E-state index >= 15 is 0 Å². The maximum absolute atomic E-state index is 13.2. The number of hydrogen-bond acceptors (Lipinski definition) is 3. The van der Waals surface area contributed by atoms with Crippen LogP contribution in [0.15, 0.2) is 84.9 Å². The number of hydrogen-bond donors (Lipinski definition) is 0. The molecular formula is C24H17FN2O3. The summed E-state index contributed by atoms with van der Waals surface area (Å²) < 4.78 is 13.2. The summed E-state index contributed by atoms with van der Waals surface area (Å²) in [6.45, 7) is 0.347. The van der Waals surface area contributed by atoms with Gasteiger partial charge in [-0.1, -0.05) is 42.5 Å². The molecule has 0 spiro atoms. The molecule has 0 fully saturated rings. The van der Waals surface area contributed by atoms with Crippen molar-refractivity contribution in [2.24, 2.45) is 0 Å². The lowest BCUT2D eigenvalue weighted by Gasteiger charge is -2.17. The van der Waals surface area contributed by atoms with Crippen molar-refractivity contribution in [3.05, 3.63) is 118 Å². The molecule has 1 heterocycles. The number of amides is 1. The van der Waals surface area contributed by atoms with Crippen LogP contribution < -0.4 is 4.90 Å². The third-order valence-corrected chi connectivity index (χ3v) is 4.87. The normalized spacial score (nSPS) is 14.5. The third-order valence-electron chi connectivity index (χ3n) is 4.87. The molecule has 6 heteroatoms. The van der Waals surface area contributed by atoms with E-state index in [1.54, 1.807) is 47.4 Å². The monoisotopic (exact) mass is 400 g/mol. The molecule has 1 aliphatic heterocycles. The van der Waals surface area contributed by atoms with Crippen LogP contribution in [0.25, 0.3) is 11.6 Å². The number of rotatable bonds is 5. The predicted octanol–water partition coefficient (Wildman–Crippen LogP) is 5.38. The van der Waals surface area contributed by atoms with Crippen LogP contribution in [-0.4, -0.2) is 10.8 Å². The molecule has 3 aromatic carbocycles. The summed E-state index contributed by atoms with van der Waals surface area (Å²) in [7, 11) is 0. The minimum atomic E-state index is -0.445. The van der Waals surface area contributed by atoms with Crippen LogP contribution in [0.4, 0.5) is 15.8 Å². The standard InChI is InChI=1S/C24H17FN2O3/c25-19-12-8-18(9-13-19)16-26-23-7-2-1-5-21(23)22(24(26)28)6-3-4-17-10-14-20(15-11-17)27(29)30/h1-15H,16H2/b4-3+,22-6-. The Hall–Kier alpha value is -4.06. The van der Waals surface area contributed by atoms with Crippen molar-refractivity contribution in [2.75, 3.05) is 4.90 Å². The number of nitrogens with zero attached hydrogens (tertiary/aromatic N) is 2. The number of benzene rings is 3. The highest BCUT2D eigenvalue weighted by molar-refractivity contribution is 6.32. The summed E-state index contributed by atoms with van der Waals surface area (Å²) in [5.41, 5.74) is 3.86. The van der Waals surface area contributed by atoms with E-state index in [1.807, 2.05) is 24.3 Å². The van der Waals surface area contributed by atoms with Gasteiger partial charge in [-0.15, -0.1) is 0 Å². The Balaban J connectivity index is 1.59. The Kier molecular flexibility index (Phi) is 5.22. The van der Waals surface area contributed by atoms with Gasteiger partial charge in [-0.05, 0) is 47.5 Å². The average molecular weight is 400 g/mol. The Morgan fingerprint density at radius 3 is 2.37 bits per heavy atom. The number of anilines is 1. The summed E-state index contributed by atoms with van der Waals surface area (Å²) in [5.74, 6) is -0.447. The number of allylic oxidation sites excluding steroid dienone is 2. The predicted molar refractivity (Wildman–Crippen MR) is 114 cm³/mol. The molecule has 0 radical (unpaired) electrons. The summed E-state index contributed by atoms with van der Waals surface area (Å²) >= 11 is 0. The van der Waals surface area contributed by atoms with E-state index in [4.69, 9.17) is 0 Å². The minimum absolute atomic E-state index is 0.0295. The van der Waals surface area contributed by atoms with Gasteiger partial charge in [0.2, 0.25) is 0 Å². The van der Waals surface area contributed by atoms with Crippen molar-refractivity contribution in [2.45, 2.75) is 6.54 Å². The average Bonchev–Trinajstić information content (AvgIpc) is 3.01. The van der Waals surface area contributed by atoms with Crippen molar-refractivity contribution < 1.29 is 14.1 Å². The van der Waals surface area contributed by atoms with Crippen LogP contribution >= 0.6 is 0 Å². The van der Waals surface area contributed by atoms with Gasteiger partial charge in [-0.25, -0.2) is 4.39 Å². The number of fused-ring (bicyclic) bond motifs is 1. The quantitative estimate of drug-likeness (QED) is 0.328. The first kappa shape index (κ1) is 19.3. The van der Waals surface area contributed by atoms with Crippen molar-refractivity contribution in [3.63, 3.8) is 0 Å². The highest BCUT2D eigenvalue weighted by atomic mass is 19.1. The second kappa shape index (κ2) is 8.13. The molecule has 148 valence electrons. The molecule has 30 heavy (non-hydrogen) atoms. The number of halogens is 1. The maximum Gasteiger partial charge on any atom is 0.269 e. The van der Waals surface area contributed by atoms with E-state index in [1.165, 1.54) is 24.3 Å². The number of nitro groups is 1. The van der Waals surface area contributed by atoms with Crippen LogP contribution in [0.3, 0.4) is 0 Å². The van der Waals surface area contributed by atoms with E-state index in [-0.39, 0.29) is 17.4 Å². The summed E-state index contributed by atoms with van der Waals surface area (Å²) in [4.78, 5) is 25.0. The lowest BCUT2D eigenvalue weighted by atomic mass is 10.1. The van der Waals surface area contributed by atoms with E-state index in [0.717, 1.165) is 22.4 Å². The van der Waals surface area contributed by atoms with Crippen LogP contribution in [0.1, 0.15) is 16.7 Å². The molecule has 0 saturated heterocycles. The Labute approximate surface area is 172 Å². The van der Waals surface area contributed by atoms with E-state index in [0.29, 0.717) is 12.1 Å². The van der Waals surface area contributed by atoms with Gasteiger partial charge in [0, 0.05) is 23.3 Å². The van der Waals surface area contributed by atoms with Crippen LogP contribution in [-0.2, 0) is 11.3 Å². The zero-order valence-electron chi connectivity index (χ0n) is 15.9. The molecule has 0 aromatic heterocycles. The maximum atomic E-state index is 13.2. The first-order valence-electron chi connectivity index (χ1n) is 9.31.